The van der Waals surface area contributed by atoms with Gasteiger partial charge in [-0.1, -0.05) is 30.3 Å². The molecule has 1 fully saturated rings. The Bertz CT molecular complexity index is 388. The van der Waals surface area contributed by atoms with Crippen molar-refractivity contribution in [3.8, 4) is 0 Å². The van der Waals surface area contributed by atoms with Crippen molar-refractivity contribution in [1.82, 2.24) is 0 Å². The first-order valence-electron chi connectivity index (χ1n) is 6.79. The molecule has 104 valence electrons. The summed E-state index contributed by atoms with van der Waals surface area (Å²) < 4.78 is 10.5. The van der Waals surface area contributed by atoms with Gasteiger partial charge in [0.2, 0.25) is 0 Å². The first-order valence-corrected chi connectivity index (χ1v) is 6.79. The number of carbonyl (C=O) groups excluding carboxylic acids is 1. The third kappa shape index (κ3) is 4.65. The molecule has 0 spiro atoms. The van der Waals surface area contributed by atoms with E-state index >= 15 is 0 Å². The molecule has 0 saturated carbocycles. The van der Waals surface area contributed by atoms with Crippen LogP contribution in [0.15, 0.2) is 30.3 Å². The van der Waals surface area contributed by atoms with Gasteiger partial charge in [-0.2, -0.15) is 0 Å². The molecule has 1 unspecified atom stereocenters. The fourth-order valence-corrected chi connectivity index (χ4v) is 2.27. The van der Waals surface area contributed by atoms with Gasteiger partial charge in [0.25, 0.3) is 0 Å². The van der Waals surface area contributed by atoms with Gasteiger partial charge in [-0.25, -0.2) is 0 Å². The lowest BCUT2D eigenvalue weighted by Gasteiger charge is -2.24. The second-order valence-electron chi connectivity index (χ2n) is 4.99. The lowest BCUT2D eigenvalue weighted by molar-refractivity contribution is -0.147. The SMILES string of the molecule is NC(CC1CCOCC1)C(=O)OCc1ccccc1. The van der Waals surface area contributed by atoms with E-state index in [0.29, 0.717) is 18.9 Å². The molecule has 1 aliphatic rings. The van der Waals surface area contributed by atoms with Crippen molar-refractivity contribution < 1.29 is 14.3 Å². The Morgan fingerprint density at radius 3 is 2.68 bits per heavy atom. The van der Waals surface area contributed by atoms with E-state index in [2.05, 4.69) is 0 Å². The summed E-state index contributed by atoms with van der Waals surface area (Å²) in [6.45, 7) is 1.84. The molecule has 1 atom stereocenters. The quantitative estimate of drug-likeness (QED) is 0.824. The molecule has 4 nitrogen and oxygen atoms in total. The van der Waals surface area contributed by atoms with Gasteiger partial charge in [0.15, 0.2) is 0 Å². The van der Waals surface area contributed by atoms with E-state index < -0.39 is 6.04 Å². The summed E-state index contributed by atoms with van der Waals surface area (Å²) in [6, 6.07) is 9.11. The van der Waals surface area contributed by atoms with Crippen molar-refractivity contribution in [3.63, 3.8) is 0 Å². The molecule has 0 bridgehead atoms. The first-order chi connectivity index (χ1) is 9.25. The molecular formula is C15H21NO3. The van der Waals surface area contributed by atoms with Crippen molar-refractivity contribution >= 4 is 5.97 Å². The van der Waals surface area contributed by atoms with E-state index in [0.717, 1.165) is 31.6 Å². The highest BCUT2D eigenvalue weighted by Crippen LogP contribution is 2.20. The third-order valence-corrected chi connectivity index (χ3v) is 3.45. The smallest absolute Gasteiger partial charge is 0.323 e. The van der Waals surface area contributed by atoms with Crippen LogP contribution in [-0.4, -0.2) is 25.2 Å². The molecule has 1 saturated heterocycles. The minimum Gasteiger partial charge on any atom is -0.460 e. The molecule has 4 heteroatoms. The molecular weight excluding hydrogens is 242 g/mol. The largest absolute Gasteiger partial charge is 0.460 e. The van der Waals surface area contributed by atoms with Gasteiger partial charge in [0, 0.05) is 13.2 Å². The normalized spacial score (nSPS) is 17.9. The maximum absolute atomic E-state index is 11.8. The van der Waals surface area contributed by atoms with Crippen molar-refractivity contribution in [1.29, 1.82) is 0 Å². The fourth-order valence-electron chi connectivity index (χ4n) is 2.27. The van der Waals surface area contributed by atoms with Crippen LogP contribution in [0.4, 0.5) is 0 Å². The van der Waals surface area contributed by atoms with E-state index in [1.165, 1.54) is 0 Å². The lowest BCUT2D eigenvalue weighted by atomic mass is 9.93. The van der Waals surface area contributed by atoms with Crippen LogP contribution in [0.3, 0.4) is 0 Å². The van der Waals surface area contributed by atoms with Crippen molar-refractivity contribution in [2.45, 2.75) is 31.9 Å². The number of ether oxygens (including phenoxy) is 2. The van der Waals surface area contributed by atoms with Crippen molar-refractivity contribution in [3.05, 3.63) is 35.9 Å². The zero-order valence-corrected chi connectivity index (χ0v) is 11.1. The summed E-state index contributed by atoms with van der Waals surface area (Å²) in [6.07, 6.45) is 2.66. The Morgan fingerprint density at radius 1 is 1.32 bits per heavy atom. The molecule has 0 aliphatic carbocycles. The number of nitrogens with two attached hydrogens (primary N) is 1. The first kappa shape index (κ1) is 14.0. The maximum atomic E-state index is 11.8. The Hall–Kier alpha value is -1.39. The number of benzene rings is 1. The van der Waals surface area contributed by atoms with Crippen LogP contribution in [0.2, 0.25) is 0 Å². The highest BCUT2D eigenvalue weighted by atomic mass is 16.5. The van der Waals surface area contributed by atoms with Crippen LogP contribution in [-0.2, 0) is 20.9 Å². The molecule has 0 amide bonds. The van der Waals surface area contributed by atoms with E-state index in [9.17, 15) is 4.79 Å². The standard InChI is InChI=1S/C15H21NO3/c16-14(10-12-6-8-18-9-7-12)15(17)19-11-13-4-2-1-3-5-13/h1-5,12,14H,6-11,16H2. The van der Waals surface area contributed by atoms with Crippen molar-refractivity contribution in [2.75, 3.05) is 13.2 Å². The molecule has 0 aromatic heterocycles. The van der Waals surface area contributed by atoms with Crippen LogP contribution in [0, 0.1) is 5.92 Å². The van der Waals surface area contributed by atoms with Gasteiger partial charge >= 0.3 is 5.97 Å². The molecule has 2 rings (SSSR count). The number of carbonyl (C=O) groups is 1. The molecule has 1 aromatic carbocycles. The lowest BCUT2D eigenvalue weighted by Crippen LogP contribution is -2.35. The van der Waals surface area contributed by atoms with Gasteiger partial charge in [-0.15, -0.1) is 0 Å². The second-order valence-corrected chi connectivity index (χ2v) is 4.99. The van der Waals surface area contributed by atoms with E-state index in [4.69, 9.17) is 15.2 Å². The van der Waals surface area contributed by atoms with Crippen LogP contribution in [0.25, 0.3) is 0 Å². The predicted molar refractivity (Wildman–Crippen MR) is 72.4 cm³/mol. The number of rotatable bonds is 5. The zero-order chi connectivity index (χ0) is 13.5. The Balaban J connectivity index is 1.72. The average molecular weight is 263 g/mol. The van der Waals surface area contributed by atoms with Gasteiger partial charge in [-0.3, -0.25) is 4.79 Å². The summed E-state index contributed by atoms with van der Waals surface area (Å²) in [4.78, 5) is 11.8. The summed E-state index contributed by atoms with van der Waals surface area (Å²) in [5.74, 6) is 0.170. The Kier molecular flexibility index (Phi) is 5.36. The van der Waals surface area contributed by atoms with Gasteiger partial charge in [-0.05, 0) is 30.7 Å². The summed E-state index contributed by atoms with van der Waals surface area (Å²) in [7, 11) is 0. The molecule has 2 N–H and O–H groups in total. The molecule has 19 heavy (non-hydrogen) atoms. The number of hydrogen-bond donors (Lipinski definition) is 1. The van der Waals surface area contributed by atoms with Gasteiger partial charge < -0.3 is 15.2 Å². The minimum atomic E-state index is -0.521. The molecule has 0 radical (unpaired) electrons. The second kappa shape index (κ2) is 7.26. The van der Waals surface area contributed by atoms with E-state index in [1.807, 2.05) is 30.3 Å². The molecule has 1 heterocycles. The minimum absolute atomic E-state index is 0.293. The van der Waals surface area contributed by atoms with Gasteiger partial charge in [0.1, 0.15) is 12.6 Å². The van der Waals surface area contributed by atoms with Crippen molar-refractivity contribution in [2.24, 2.45) is 11.7 Å². The zero-order valence-electron chi connectivity index (χ0n) is 11.1. The highest BCUT2D eigenvalue weighted by molar-refractivity contribution is 5.75. The Morgan fingerprint density at radius 2 is 2.00 bits per heavy atom. The van der Waals surface area contributed by atoms with Crippen LogP contribution in [0.1, 0.15) is 24.8 Å². The third-order valence-electron chi connectivity index (χ3n) is 3.45. The monoisotopic (exact) mass is 263 g/mol. The fraction of sp³-hybridized carbons (Fsp3) is 0.533. The maximum Gasteiger partial charge on any atom is 0.323 e. The van der Waals surface area contributed by atoms with E-state index in [1.54, 1.807) is 0 Å². The van der Waals surface area contributed by atoms with Crippen LogP contribution >= 0.6 is 0 Å². The highest BCUT2D eigenvalue weighted by Gasteiger charge is 2.22. The number of hydrogen-bond acceptors (Lipinski definition) is 4. The summed E-state index contributed by atoms with van der Waals surface area (Å²) in [5, 5.41) is 0. The van der Waals surface area contributed by atoms with Gasteiger partial charge in [0.05, 0.1) is 0 Å². The molecule has 1 aromatic rings. The number of esters is 1. The predicted octanol–water partition coefficient (Wildman–Crippen LogP) is 1.87. The summed E-state index contributed by atoms with van der Waals surface area (Å²) in [5.41, 5.74) is 6.88. The summed E-state index contributed by atoms with van der Waals surface area (Å²) >= 11 is 0. The van der Waals surface area contributed by atoms with Crippen LogP contribution in [0.5, 0.6) is 0 Å². The van der Waals surface area contributed by atoms with E-state index in [-0.39, 0.29) is 5.97 Å². The molecule has 1 aliphatic heterocycles. The topological polar surface area (TPSA) is 61.5 Å². The Labute approximate surface area is 113 Å². The van der Waals surface area contributed by atoms with Crippen LogP contribution < -0.4 is 5.73 Å². The average Bonchev–Trinajstić information content (AvgIpc) is 2.47.